The highest BCUT2D eigenvalue weighted by Gasteiger charge is 2.43. The first-order chi connectivity index (χ1) is 16.6. The van der Waals surface area contributed by atoms with Crippen LogP contribution in [0.15, 0.2) is 42.5 Å². The Hall–Kier alpha value is -3.23. The van der Waals surface area contributed by atoms with Crippen molar-refractivity contribution in [2.24, 2.45) is 0 Å². The van der Waals surface area contributed by atoms with Gasteiger partial charge >= 0.3 is 6.11 Å². The lowest BCUT2D eigenvalue weighted by Gasteiger charge is -2.29. The SMILES string of the molecule is CCCc1ccc(C(F)(F)Oc2ccc3c(c2F)C(F)C(F)c2c-3ccc(OCC)c2F)c(F)c1. The molecular formula is C26H21F7O2. The van der Waals surface area contributed by atoms with Crippen molar-refractivity contribution in [1.29, 1.82) is 0 Å². The third-order valence-electron chi connectivity index (χ3n) is 5.81. The molecule has 0 radical (unpaired) electrons. The van der Waals surface area contributed by atoms with E-state index in [1.165, 1.54) is 18.2 Å². The number of halogens is 7. The fraction of sp³-hybridized carbons (Fsp3) is 0.308. The van der Waals surface area contributed by atoms with Gasteiger partial charge in [-0.15, -0.1) is 0 Å². The lowest BCUT2D eigenvalue weighted by molar-refractivity contribution is -0.189. The molecule has 9 heteroatoms. The molecule has 0 aliphatic heterocycles. The standard InChI is InChI=1S/C26H21F7O2/c1-3-5-13-6-9-16(17(27)12-13)26(32,33)35-19-11-8-15-14-7-10-18(34-4-2)22(28)20(14)24(30)25(31)21(15)23(19)29/h6-12,24-25H,3-5H2,1-2H3. The molecule has 0 aromatic heterocycles. The quantitative estimate of drug-likeness (QED) is 0.305. The molecule has 1 aliphatic rings. The summed E-state index contributed by atoms with van der Waals surface area (Å²) in [5.41, 5.74) is -2.53. The Morgan fingerprint density at radius 2 is 1.37 bits per heavy atom. The second-order valence-corrected chi connectivity index (χ2v) is 8.10. The van der Waals surface area contributed by atoms with Gasteiger partial charge in [-0.25, -0.2) is 22.0 Å². The number of aryl methyl sites for hydroxylation is 1. The molecule has 0 bridgehead atoms. The van der Waals surface area contributed by atoms with E-state index in [0.717, 1.165) is 24.3 Å². The Labute approximate surface area is 197 Å². The molecule has 0 amide bonds. The van der Waals surface area contributed by atoms with Gasteiger partial charge in [-0.05, 0) is 54.3 Å². The maximum absolute atomic E-state index is 15.2. The van der Waals surface area contributed by atoms with Crippen LogP contribution in [0.3, 0.4) is 0 Å². The summed E-state index contributed by atoms with van der Waals surface area (Å²) in [5.74, 6) is -5.35. The van der Waals surface area contributed by atoms with Crippen LogP contribution >= 0.6 is 0 Å². The molecule has 3 aromatic carbocycles. The van der Waals surface area contributed by atoms with Crippen molar-refractivity contribution in [2.75, 3.05) is 6.61 Å². The first-order valence-corrected chi connectivity index (χ1v) is 11.0. The monoisotopic (exact) mass is 498 g/mol. The second-order valence-electron chi connectivity index (χ2n) is 8.10. The van der Waals surface area contributed by atoms with Crippen LogP contribution in [0.5, 0.6) is 11.5 Å². The van der Waals surface area contributed by atoms with Gasteiger partial charge in [0.25, 0.3) is 0 Å². The lowest BCUT2D eigenvalue weighted by atomic mass is 9.82. The maximum Gasteiger partial charge on any atom is 0.429 e. The first-order valence-electron chi connectivity index (χ1n) is 11.0. The summed E-state index contributed by atoms with van der Waals surface area (Å²) in [7, 11) is 0. The first kappa shape index (κ1) is 24.9. The Morgan fingerprint density at radius 3 is 1.91 bits per heavy atom. The number of ether oxygens (including phenoxy) is 2. The van der Waals surface area contributed by atoms with E-state index >= 15 is 4.39 Å². The summed E-state index contributed by atoms with van der Waals surface area (Å²) in [4.78, 5) is 0. The Bertz CT molecular complexity index is 1260. The van der Waals surface area contributed by atoms with E-state index < -0.39 is 58.3 Å². The highest BCUT2D eigenvalue weighted by molar-refractivity contribution is 5.76. The van der Waals surface area contributed by atoms with Gasteiger partial charge < -0.3 is 9.47 Å². The van der Waals surface area contributed by atoms with Crippen LogP contribution in [0.25, 0.3) is 11.1 Å². The van der Waals surface area contributed by atoms with Gasteiger partial charge in [0.05, 0.1) is 12.2 Å². The lowest BCUT2D eigenvalue weighted by Crippen LogP contribution is -2.25. The van der Waals surface area contributed by atoms with Crippen LogP contribution in [0.4, 0.5) is 30.7 Å². The zero-order valence-electron chi connectivity index (χ0n) is 18.8. The molecule has 35 heavy (non-hydrogen) atoms. The van der Waals surface area contributed by atoms with E-state index in [1.807, 2.05) is 6.92 Å². The van der Waals surface area contributed by atoms with Crippen molar-refractivity contribution in [3.8, 4) is 22.6 Å². The molecule has 3 aromatic rings. The molecule has 0 saturated heterocycles. The summed E-state index contributed by atoms with van der Waals surface area (Å²) in [6, 6.07) is 7.32. The summed E-state index contributed by atoms with van der Waals surface area (Å²) < 4.78 is 113. The van der Waals surface area contributed by atoms with E-state index in [0.29, 0.717) is 18.4 Å². The molecule has 0 N–H and O–H groups in total. The smallest absolute Gasteiger partial charge is 0.429 e. The number of alkyl halides is 4. The van der Waals surface area contributed by atoms with Gasteiger partial charge in [-0.1, -0.05) is 31.5 Å². The average molecular weight is 498 g/mol. The molecule has 2 unspecified atom stereocenters. The summed E-state index contributed by atoms with van der Waals surface area (Å²) in [6.07, 6.45) is -8.49. The molecule has 0 fully saturated rings. The molecular weight excluding hydrogens is 477 g/mol. The molecule has 1 aliphatic carbocycles. The highest BCUT2D eigenvalue weighted by atomic mass is 19.3. The second kappa shape index (κ2) is 9.43. The van der Waals surface area contributed by atoms with Crippen LogP contribution < -0.4 is 9.47 Å². The third-order valence-corrected chi connectivity index (χ3v) is 5.81. The van der Waals surface area contributed by atoms with Crippen molar-refractivity contribution in [2.45, 2.75) is 45.1 Å². The van der Waals surface area contributed by atoms with Crippen molar-refractivity contribution < 1.29 is 40.2 Å². The van der Waals surface area contributed by atoms with Crippen LogP contribution in [-0.4, -0.2) is 6.61 Å². The summed E-state index contributed by atoms with van der Waals surface area (Å²) in [5, 5.41) is 0. The molecule has 186 valence electrons. The normalized spacial score (nSPS) is 17.1. The van der Waals surface area contributed by atoms with Gasteiger partial charge in [-0.2, -0.15) is 8.78 Å². The largest absolute Gasteiger partial charge is 0.491 e. The molecule has 0 saturated carbocycles. The van der Waals surface area contributed by atoms with Gasteiger partial charge in [-0.3, -0.25) is 0 Å². The molecule has 0 heterocycles. The fourth-order valence-electron chi connectivity index (χ4n) is 4.23. The van der Waals surface area contributed by atoms with Gasteiger partial charge in [0.1, 0.15) is 5.82 Å². The predicted molar refractivity (Wildman–Crippen MR) is 116 cm³/mol. The number of hydrogen-bond donors (Lipinski definition) is 0. The van der Waals surface area contributed by atoms with Gasteiger partial charge in [0.2, 0.25) is 0 Å². The zero-order chi connectivity index (χ0) is 25.5. The molecule has 2 nitrogen and oxygen atoms in total. The number of hydrogen-bond acceptors (Lipinski definition) is 2. The third kappa shape index (κ3) is 4.32. The van der Waals surface area contributed by atoms with E-state index in [1.54, 1.807) is 6.92 Å². The highest BCUT2D eigenvalue weighted by Crippen LogP contribution is 2.53. The average Bonchev–Trinajstić information content (AvgIpc) is 2.80. The molecule has 0 spiro atoms. The Balaban J connectivity index is 1.75. The Morgan fingerprint density at radius 1 is 0.800 bits per heavy atom. The molecule has 4 rings (SSSR count). The van der Waals surface area contributed by atoms with Gasteiger partial charge in [0, 0.05) is 11.1 Å². The minimum atomic E-state index is -4.31. The fourth-order valence-corrected chi connectivity index (χ4v) is 4.23. The van der Waals surface area contributed by atoms with Crippen LogP contribution in [0.1, 0.15) is 54.9 Å². The molecule has 2 atom stereocenters. The predicted octanol–water partition coefficient (Wildman–Crippen LogP) is 8.29. The minimum Gasteiger partial charge on any atom is -0.491 e. The van der Waals surface area contributed by atoms with Crippen LogP contribution in [-0.2, 0) is 12.5 Å². The number of fused-ring (bicyclic) bond motifs is 3. The van der Waals surface area contributed by atoms with E-state index in [4.69, 9.17) is 4.74 Å². The van der Waals surface area contributed by atoms with E-state index in [2.05, 4.69) is 4.74 Å². The van der Waals surface area contributed by atoms with Crippen molar-refractivity contribution >= 4 is 0 Å². The topological polar surface area (TPSA) is 18.5 Å². The van der Waals surface area contributed by atoms with Crippen LogP contribution in [0, 0.1) is 17.5 Å². The van der Waals surface area contributed by atoms with Gasteiger partial charge in [0.15, 0.2) is 35.5 Å². The van der Waals surface area contributed by atoms with Crippen LogP contribution in [0.2, 0.25) is 0 Å². The summed E-state index contributed by atoms with van der Waals surface area (Å²) in [6.45, 7) is 3.50. The van der Waals surface area contributed by atoms with Crippen molar-refractivity contribution in [1.82, 2.24) is 0 Å². The van der Waals surface area contributed by atoms with E-state index in [9.17, 15) is 26.3 Å². The van der Waals surface area contributed by atoms with Crippen molar-refractivity contribution in [3.63, 3.8) is 0 Å². The van der Waals surface area contributed by atoms with Crippen molar-refractivity contribution in [3.05, 3.63) is 82.2 Å². The minimum absolute atomic E-state index is 0.0771. The Kier molecular flexibility index (Phi) is 6.71. The maximum atomic E-state index is 15.2. The number of rotatable bonds is 7. The zero-order valence-corrected chi connectivity index (χ0v) is 18.8. The summed E-state index contributed by atoms with van der Waals surface area (Å²) >= 11 is 0. The van der Waals surface area contributed by atoms with E-state index in [-0.39, 0.29) is 23.5 Å². The number of benzene rings is 3.